The van der Waals surface area contributed by atoms with Crippen molar-refractivity contribution >= 4 is 0 Å². The van der Waals surface area contributed by atoms with Crippen molar-refractivity contribution in [1.29, 1.82) is 5.26 Å². The molecule has 78 valence electrons. The molecule has 2 rings (SSSR count). The Morgan fingerprint density at radius 2 is 1.57 bits per heavy atom. The summed E-state index contributed by atoms with van der Waals surface area (Å²) in [5.74, 6) is 0. The van der Waals surface area contributed by atoms with Crippen molar-refractivity contribution in [3.8, 4) is 6.07 Å². The van der Waals surface area contributed by atoms with Gasteiger partial charge in [-0.15, -0.1) is 0 Å². The van der Waals surface area contributed by atoms with Crippen LogP contribution in [0.1, 0.15) is 47.0 Å². The summed E-state index contributed by atoms with van der Waals surface area (Å²) in [5, 5.41) is 8.89. The van der Waals surface area contributed by atoms with Gasteiger partial charge in [-0.05, 0) is 30.1 Å². The van der Waals surface area contributed by atoms with Gasteiger partial charge in [0.05, 0.1) is 6.07 Å². The molecule has 14 heavy (non-hydrogen) atoms. The van der Waals surface area contributed by atoms with E-state index in [1.165, 1.54) is 6.42 Å². The molecule has 1 heterocycles. The Balaban J connectivity index is 2.20. The maximum absolute atomic E-state index is 8.89. The lowest BCUT2D eigenvalue weighted by molar-refractivity contribution is 0.0436. The standard InChI is InChI=1S/C12H19NO/c1-10(2)6-11(3,4)8-12(7-10)9(5-13)14-12/h9H,6-8H2,1-4H3. The molecule has 0 aromatic heterocycles. The second-order valence-corrected chi connectivity index (χ2v) is 6.55. The molecule has 1 atom stereocenters. The largest absolute Gasteiger partial charge is 0.350 e. The van der Waals surface area contributed by atoms with Gasteiger partial charge in [-0.3, -0.25) is 0 Å². The maximum Gasteiger partial charge on any atom is 0.173 e. The van der Waals surface area contributed by atoms with E-state index in [4.69, 9.17) is 10.00 Å². The van der Waals surface area contributed by atoms with E-state index >= 15 is 0 Å². The van der Waals surface area contributed by atoms with Gasteiger partial charge < -0.3 is 4.74 Å². The first-order valence-electron chi connectivity index (χ1n) is 5.36. The number of hydrogen-bond acceptors (Lipinski definition) is 2. The van der Waals surface area contributed by atoms with E-state index in [2.05, 4.69) is 33.8 Å². The third kappa shape index (κ3) is 1.54. The second kappa shape index (κ2) is 2.52. The predicted octanol–water partition coefficient (Wildman–Crippen LogP) is 2.88. The Hall–Kier alpha value is -0.550. The van der Waals surface area contributed by atoms with Crippen LogP contribution in [0.3, 0.4) is 0 Å². The Morgan fingerprint density at radius 1 is 1.07 bits per heavy atom. The van der Waals surface area contributed by atoms with Crippen LogP contribution in [0.25, 0.3) is 0 Å². The first-order chi connectivity index (χ1) is 6.29. The minimum atomic E-state index is -0.138. The molecule has 2 fully saturated rings. The van der Waals surface area contributed by atoms with Gasteiger partial charge in [-0.25, -0.2) is 0 Å². The summed E-state index contributed by atoms with van der Waals surface area (Å²) in [5.41, 5.74) is 0.528. The fraction of sp³-hybridized carbons (Fsp3) is 0.917. The Bertz CT molecular complexity index is 282. The average molecular weight is 193 g/mol. The Kier molecular flexibility index (Phi) is 1.80. The summed E-state index contributed by atoms with van der Waals surface area (Å²) in [6.07, 6.45) is 3.17. The first-order valence-corrected chi connectivity index (χ1v) is 5.36. The molecular weight excluding hydrogens is 174 g/mol. The summed E-state index contributed by atoms with van der Waals surface area (Å²) in [7, 11) is 0. The molecule has 1 saturated heterocycles. The number of hydrogen-bond donors (Lipinski definition) is 0. The van der Waals surface area contributed by atoms with Crippen molar-refractivity contribution in [2.24, 2.45) is 10.8 Å². The van der Waals surface area contributed by atoms with Gasteiger partial charge in [0.1, 0.15) is 5.60 Å². The van der Waals surface area contributed by atoms with E-state index in [-0.39, 0.29) is 11.7 Å². The quantitative estimate of drug-likeness (QED) is 0.555. The van der Waals surface area contributed by atoms with E-state index in [0.29, 0.717) is 10.8 Å². The van der Waals surface area contributed by atoms with Crippen LogP contribution >= 0.6 is 0 Å². The highest BCUT2D eigenvalue weighted by atomic mass is 16.6. The molecule has 0 radical (unpaired) electrons. The van der Waals surface area contributed by atoms with Crippen LogP contribution in [0.5, 0.6) is 0 Å². The van der Waals surface area contributed by atoms with Crippen molar-refractivity contribution in [2.75, 3.05) is 0 Å². The monoisotopic (exact) mass is 193 g/mol. The minimum Gasteiger partial charge on any atom is -0.350 e. The Morgan fingerprint density at radius 3 is 1.93 bits per heavy atom. The number of epoxide rings is 1. The van der Waals surface area contributed by atoms with Crippen molar-refractivity contribution in [3.63, 3.8) is 0 Å². The van der Waals surface area contributed by atoms with Gasteiger partial charge in [0.2, 0.25) is 0 Å². The van der Waals surface area contributed by atoms with Gasteiger partial charge >= 0.3 is 0 Å². The molecule has 2 heteroatoms. The smallest absolute Gasteiger partial charge is 0.173 e. The zero-order chi connectivity index (χ0) is 10.6. The second-order valence-electron chi connectivity index (χ2n) is 6.55. The van der Waals surface area contributed by atoms with Crippen LogP contribution in [-0.4, -0.2) is 11.7 Å². The molecule has 2 nitrogen and oxygen atoms in total. The number of ether oxygens (including phenoxy) is 1. The van der Waals surface area contributed by atoms with Crippen molar-refractivity contribution in [3.05, 3.63) is 0 Å². The predicted molar refractivity (Wildman–Crippen MR) is 54.6 cm³/mol. The Labute approximate surface area is 86.2 Å². The molecular formula is C12H19NO. The summed E-state index contributed by atoms with van der Waals surface area (Å²) in [6.45, 7) is 9.13. The van der Waals surface area contributed by atoms with Gasteiger partial charge in [0.15, 0.2) is 6.10 Å². The topological polar surface area (TPSA) is 36.3 Å². The van der Waals surface area contributed by atoms with Crippen molar-refractivity contribution in [2.45, 2.75) is 58.7 Å². The van der Waals surface area contributed by atoms with Crippen LogP contribution in [0, 0.1) is 22.2 Å². The molecule has 1 saturated carbocycles. The van der Waals surface area contributed by atoms with Crippen LogP contribution in [0.2, 0.25) is 0 Å². The van der Waals surface area contributed by atoms with E-state index in [1.807, 2.05) is 0 Å². The fourth-order valence-corrected chi connectivity index (χ4v) is 3.72. The van der Waals surface area contributed by atoms with E-state index in [9.17, 15) is 0 Å². The molecule has 1 aliphatic heterocycles. The SMILES string of the molecule is CC1(C)CC(C)(C)CC2(C1)OC2C#N. The van der Waals surface area contributed by atoms with E-state index in [1.54, 1.807) is 0 Å². The number of nitrogens with zero attached hydrogens (tertiary/aromatic N) is 1. The highest BCUT2D eigenvalue weighted by molar-refractivity contribution is 5.18. The fourth-order valence-electron chi connectivity index (χ4n) is 3.72. The van der Waals surface area contributed by atoms with Gasteiger partial charge in [0, 0.05) is 0 Å². The lowest BCUT2D eigenvalue weighted by Crippen LogP contribution is -2.39. The molecule has 2 aliphatic rings. The third-order valence-corrected chi connectivity index (χ3v) is 3.40. The van der Waals surface area contributed by atoms with Gasteiger partial charge in [-0.1, -0.05) is 27.7 Å². The maximum atomic E-state index is 8.89. The lowest BCUT2D eigenvalue weighted by Gasteiger charge is -2.43. The normalized spacial score (nSPS) is 36.4. The van der Waals surface area contributed by atoms with E-state index < -0.39 is 0 Å². The molecule has 1 aliphatic carbocycles. The van der Waals surface area contributed by atoms with Crippen LogP contribution in [0.4, 0.5) is 0 Å². The highest BCUT2D eigenvalue weighted by Gasteiger charge is 2.63. The van der Waals surface area contributed by atoms with Crippen LogP contribution in [0.15, 0.2) is 0 Å². The zero-order valence-corrected chi connectivity index (χ0v) is 9.55. The van der Waals surface area contributed by atoms with Gasteiger partial charge in [-0.2, -0.15) is 5.26 Å². The summed E-state index contributed by atoms with van der Waals surface area (Å²) in [4.78, 5) is 0. The minimum absolute atomic E-state index is 0.0972. The number of rotatable bonds is 0. The highest BCUT2D eigenvalue weighted by Crippen LogP contribution is 2.59. The molecule has 0 aromatic rings. The summed E-state index contributed by atoms with van der Waals surface area (Å²) >= 11 is 0. The van der Waals surface area contributed by atoms with Crippen molar-refractivity contribution in [1.82, 2.24) is 0 Å². The van der Waals surface area contributed by atoms with E-state index in [0.717, 1.165) is 12.8 Å². The molecule has 1 spiro atoms. The lowest BCUT2D eigenvalue weighted by atomic mass is 9.60. The number of nitriles is 1. The van der Waals surface area contributed by atoms with Crippen LogP contribution in [-0.2, 0) is 4.74 Å². The third-order valence-electron chi connectivity index (χ3n) is 3.40. The summed E-state index contributed by atoms with van der Waals surface area (Å²) < 4.78 is 5.60. The molecule has 0 N–H and O–H groups in total. The average Bonchev–Trinajstić information content (AvgIpc) is 2.54. The molecule has 1 unspecified atom stereocenters. The summed E-state index contributed by atoms with van der Waals surface area (Å²) in [6, 6.07) is 2.25. The zero-order valence-electron chi connectivity index (χ0n) is 9.55. The van der Waals surface area contributed by atoms with Gasteiger partial charge in [0.25, 0.3) is 0 Å². The molecule has 0 aromatic carbocycles. The first kappa shape index (κ1) is 9.98. The molecule has 0 bridgehead atoms. The molecule has 0 amide bonds. The van der Waals surface area contributed by atoms with Crippen molar-refractivity contribution < 1.29 is 4.74 Å². The van der Waals surface area contributed by atoms with Crippen LogP contribution < -0.4 is 0 Å².